The molecule has 1 aromatic carbocycles. The van der Waals surface area contributed by atoms with Gasteiger partial charge in [0.15, 0.2) is 0 Å². The number of benzene rings is 1. The van der Waals surface area contributed by atoms with Gasteiger partial charge in [-0.25, -0.2) is 0 Å². The first-order chi connectivity index (χ1) is 9.76. The average Bonchev–Trinajstić information content (AvgIpc) is 2.96. The molecule has 1 nitrogen and oxygen atoms in total. The Bertz CT molecular complexity index is 512. The molecule has 0 bridgehead atoms. The van der Waals surface area contributed by atoms with Crippen molar-refractivity contribution in [2.75, 3.05) is 6.54 Å². The van der Waals surface area contributed by atoms with E-state index in [-0.39, 0.29) is 0 Å². The maximum absolute atomic E-state index is 3.62. The zero-order valence-electron chi connectivity index (χ0n) is 12.8. The van der Waals surface area contributed by atoms with E-state index in [0.717, 1.165) is 25.8 Å². The molecule has 1 heterocycles. The summed E-state index contributed by atoms with van der Waals surface area (Å²) >= 11 is 1.95. The number of nitrogens with one attached hydrogen (secondary N) is 1. The molecule has 2 heteroatoms. The SMILES string of the molecule is CCNC(Cc1ccc(CC)cc1)c1ccc(CC)s1. The van der Waals surface area contributed by atoms with E-state index in [4.69, 9.17) is 0 Å². The summed E-state index contributed by atoms with van der Waals surface area (Å²) in [5.74, 6) is 0. The summed E-state index contributed by atoms with van der Waals surface area (Å²) in [6.45, 7) is 7.62. The molecule has 1 atom stereocenters. The lowest BCUT2D eigenvalue weighted by molar-refractivity contribution is 0.558. The molecule has 2 rings (SSSR count). The monoisotopic (exact) mass is 287 g/mol. The quantitative estimate of drug-likeness (QED) is 0.773. The Hall–Kier alpha value is -1.12. The highest BCUT2D eigenvalue weighted by molar-refractivity contribution is 7.12. The number of likely N-dealkylation sites (N-methyl/N-ethyl adjacent to an activating group) is 1. The molecule has 108 valence electrons. The van der Waals surface area contributed by atoms with E-state index >= 15 is 0 Å². The number of hydrogen-bond acceptors (Lipinski definition) is 2. The minimum atomic E-state index is 0.442. The van der Waals surface area contributed by atoms with Gasteiger partial charge >= 0.3 is 0 Å². The minimum absolute atomic E-state index is 0.442. The van der Waals surface area contributed by atoms with Crippen LogP contribution in [0.3, 0.4) is 0 Å². The topological polar surface area (TPSA) is 12.0 Å². The second-order valence-electron chi connectivity index (χ2n) is 5.14. The average molecular weight is 287 g/mol. The lowest BCUT2D eigenvalue weighted by atomic mass is 10.0. The number of thiophene rings is 1. The summed E-state index contributed by atoms with van der Waals surface area (Å²) in [6, 6.07) is 14.1. The predicted molar refractivity (Wildman–Crippen MR) is 89.6 cm³/mol. The number of aryl methyl sites for hydroxylation is 2. The van der Waals surface area contributed by atoms with Crippen LogP contribution in [0.5, 0.6) is 0 Å². The first kappa shape index (κ1) is 15.3. The molecule has 0 aliphatic heterocycles. The molecule has 0 saturated carbocycles. The van der Waals surface area contributed by atoms with Gasteiger partial charge in [0.1, 0.15) is 0 Å². The van der Waals surface area contributed by atoms with Crippen LogP contribution in [-0.4, -0.2) is 6.54 Å². The van der Waals surface area contributed by atoms with Gasteiger partial charge in [-0.15, -0.1) is 11.3 Å². The van der Waals surface area contributed by atoms with E-state index in [2.05, 4.69) is 62.5 Å². The molecular weight excluding hydrogens is 262 g/mol. The summed E-state index contributed by atoms with van der Waals surface area (Å²) in [5, 5.41) is 3.62. The van der Waals surface area contributed by atoms with Crippen molar-refractivity contribution < 1.29 is 0 Å². The van der Waals surface area contributed by atoms with Crippen LogP contribution in [0.2, 0.25) is 0 Å². The Morgan fingerprint density at radius 2 is 1.60 bits per heavy atom. The third kappa shape index (κ3) is 3.94. The van der Waals surface area contributed by atoms with Crippen molar-refractivity contribution >= 4 is 11.3 Å². The lowest BCUT2D eigenvalue weighted by Crippen LogP contribution is -2.22. The maximum Gasteiger partial charge on any atom is 0.0455 e. The Kier molecular flexibility index (Phi) is 5.81. The van der Waals surface area contributed by atoms with Gasteiger partial charge in [0, 0.05) is 15.8 Å². The molecule has 1 unspecified atom stereocenters. The van der Waals surface area contributed by atoms with E-state index in [0.29, 0.717) is 6.04 Å². The first-order valence-electron chi connectivity index (χ1n) is 7.66. The van der Waals surface area contributed by atoms with Crippen LogP contribution < -0.4 is 5.32 Å². The zero-order valence-corrected chi connectivity index (χ0v) is 13.6. The minimum Gasteiger partial charge on any atom is -0.309 e. The summed E-state index contributed by atoms with van der Waals surface area (Å²) in [6.07, 6.45) is 3.32. The third-order valence-corrected chi connectivity index (χ3v) is 5.04. The fourth-order valence-electron chi connectivity index (χ4n) is 2.44. The summed E-state index contributed by atoms with van der Waals surface area (Å²) in [5.41, 5.74) is 2.83. The molecule has 0 spiro atoms. The third-order valence-electron chi connectivity index (χ3n) is 3.70. The Balaban J connectivity index is 2.11. The number of rotatable bonds is 7. The van der Waals surface area contributed by atoms with Crippen molar-refractivity contribution in [3.8, 4) is 0 Å². The van der Waals surface area contributed by atoms with E-state index in [1.807, 2.05) is 11.3 Å². The van der Waals surface area contributed by atoms with Crippen LogP contribution in [0, 0.1) is 0 Å². The molecule has 0 amide bonds. The fourth-order valence-corrected chi connectivity index (χ4v) is 3.47. The Labute approximate surface area is 127 Å². The predicted octanol–water partition coefficient (Wildman–Crippen LogP) is 4.77. The van der Waals surface area contributed by atoms with E-state index in [1.54, 1.807) is 0 Å². The second kappa shape index (κ2) is 7.61. The molecular formula is C18H25NS. The lowest BCUT2D eigenvalue weighted by Gasteiger charge is -2.16. The van der Waals surface area contributed by atoms with Gasteiger partial charge in [0.25, 0.3) is 0 Å². The molecule has 0 fully saturated rings. The van der Waals surface area contributed by atoms with Crippen LogP contribution in [0.1, 0.15) is 47.7 Å². The highest BCUT2D eigenvalue weighted by Gasteiger charge is 2.13. The van der Waals surface area contributed by atoms with Gasteiger partial charge < -0.3 is 5.32 Å². The van der Waals surface area contributed by atoms with Gasteiger partial charge in [0.2, 0.25) is 0 Å². The van der Waals surface area contributed by atoms with Gasteiger partial charge in [0.05, 0.1) is 0 Å². The van der Waals surface area contributed by atoms with Crippen LogP contribution in [-0.2, 0) is 19.3 Å². The van der Waals surface area contributed by atoms with Crippen LogP contribution in [0.4, 0.5) is 0 Å². The molecule has 2 aromatic rings. The van der Waals surface area contributed by atoms with Crippen molar-refractivity contribution in [2.24, 2.45) is 0 Å². The molecule has 0 saturated heterocycles. The molecule has 1 N–H and O–H groups in total. The summed E-state index contributed by atoms with van der Waals surface area (Å²) < 4.78 is 0. The van der Waals surface area contributed by atoms with Crippen LogP contribution in [0.15, 0.2) is 36.4 Å². The summed E-state index contributed by atoms with van der Waals surface area (Å²) in [7, 11) is 0. The highest BCUT2D eigenvalue weighted by atomic mass is 32.1. The standard InChI is InChI=1S/C18H25NS/c1-4-14-7-9-15(10-8-14)13-17(19-6-3)18-12-11-16(5-2)20-18/h7-12,17,19H,4-6,13H2,1-3H3. The maximum atomic E-state index is 3.62. The molecule has 1 aromatic heterocycles. The molecule has 20 heavy (non-hydrogen) atoms. The van der Waals surface area contributed by atoms with E-state index in [9.17, 15) is 0 Å². The highest BCUT2D eigenvalue weighted by Crippen LogP contribution is 2.26. The first-order valence-corrected chi connectivity index (χ1v) is 8.48. The van der Waals surface area contributed by atoms with E-state index in [1.165, 1.54) is 20.9 Å². The van der Waals surface area contributed by atoms with Gasteiger partial charge in [-0.3, -0.25) is 0 Å². The number of hydrogen-bond donors (Lipinski definition) is 1. The smallest absolute Gasteiger partial charge is 0.0455 e. The van der Waals surface area contributed by atoms with Crippen molar-refractivity contribution in [3.05, 3.63) is 57.3 Å². The van der Waals surface area contributed by atoms with Gasteiger partial charge in [-0.1, -0.05) is 45.0 Å². The van der Waals surface area contributed by atoms with Crippen LogP contribution >= 0.6 is 11.3 Å². The largest absolute Gasteiger partial charge is 0.309 e. The van der Waals surface area contributed by atoms with Gasteiger partial charge in [-0.05, 0) is 49.1 Å². The second-order valence-corrected chi connectivity index (χ2v) is 6.34. The zero-order chi connectivity index (χ0) is 14.4. The molecule has 0 aliphatic carbocycles. The normalized spacial score (nSPS) is 12.6. The van der Waals surface area contributed by atoms with E-state index < -0.39 is 0 Å². The van der Waals surface area contributed by atoms with Crippen molar-refractivity contribution in [3.63, 3.8) is 0 Å². The van der Waals surface area contributed by atoms with Gasteiger partial charge in [-0.2, -0.15) is 0 Å². The van der Waals surface area contributed by atoms with Crippen LogP contribution in [0.25, 0.3) is 0 Å². The van der Waals surface area contributed by atoms with Crippen molar-refractivity contribution in [1.29, 1.82) is 0 Å². The Morgan fingerprint density at radius 1 is 0.900 bits per heavy atom. The molecule has 0 radical (unpaired) electrons. The fraction of sp³-hybridized carbons (Fsp3) is 0.444. The Morgan fingerprint density at radius 3 is 2.15 bits per heavy atom. The van der Waals surface area contributed by atoms with Crippen molar-refractivity contribution in [1.82, 2.24) is 5.32 Å². The van der Waals surface area contributed by atoms with Crippen molar-refractivity contribution in [2.45, 2.75) is 46.1 Å². The molecule has 0 aliphatic rings. The summed E-state index contributed by atoms with van der Waals surface area (Å²) in [4.78, 5) is 2.94.